The molecule has 2 saturated heterocycles. The molecule has 1 amide bonds. The third-order valence-electron chi connectivity index (χ3n) is 5.66. The van der Waals surface area contributed by atoms with Gasteiger partial charge in [0.15, 0.2) is 6.29 Å². The van der Waals surface area contributed by atoms with E-state index >= 15 is 0 Å². The van der Waals surface area contributed by atoms with Crippen LogP contribution < -0.4 is 10.1 Å². The number of amides is 1. The lowest BCUT2D eigenvalue weighted by atomic mass is 9.95. The molecule has 196 valence electrons. The van der Waals surface area contributed by atoms with Gasteiger partial charge in [0.05, 0.1) is 18.1 Å². The lowest BCUT2D eigenvalue weighted by Gasteiger charge is -2.47. The Morgan fingerprint density at radius 1 is 0.971 bits per heavy atom. The Bertz CT molecular complexity index is 869. The van der Waals surface area contributed by atoms with E-state index < -0.39 is 85.4 Å². The Hall–Kier alpha value is -2.47. The highest BCUT2D eigenvalue weighted by Gasteiger charge is 2.52. The molecule has 1 aromatic rings. The smallest absolute Gasteiger partial charge is 0.269 e. The Kier molecular flexibility index (Phi) is 8.92. The van der Waals surface area contributed by atoms with Crippen molar-refractivity contribution in [3.05, 3.63) is 34.4 Å². The number of nitro groups is 1. The summed E-state index contributed by atoms with van der Waals surface area (Å²) in [6.45, 7) is -0.262. The van der Waals surface area contributed by atoms with Crippen LogP contribution in [0.4, 0.5) is 5.69 Å². The SMILES string of the molecule is CC(=O)N[C@H]1[C@@H](Oc2ccc([N+](=O)[O-])cc2)O[C@H](CO)[C@H](O)[C@H]1O[C@H]1O[C@H](CO)[C@H](O)[C@@H](O)[C@H]1O. The van der Waals surface area contributed by atoms with Crippen molar-refractivity contribution >= 4 is 11.6 Å². The van der Waals surface area contributed by atoms with Gasteiger partial charge in [-0.15, -0.1) is 0 Å². The summed E-state index contributed by atoms with van der Waals surface area (Å²) in [4.78, 5) is 22.2. The van der Waals surface area contributed by atoms with Gasteiger partial charge in [0.2, 0.25) is 12.2 Å². The maximum Gasteiger partial charge on any atom is 0.269 e. The van der Waals surface area contributed by atoms with Gasteiger partial charge in [0.25, 0.3) is 5.69 Å². The summed E-state index contributed by atoms with van der Waals surface area (Å²) < 4.78 is 22.3. The highest BCUT2D eigenvalue weighted by Crippen LogP contribution is 2.31. The monoisotopic (exact) mass is 504 g/mol. The van der Waals surface area contributed by atoms with Crippen molar-refractivity contribution in [1.82, 2.24) is 5.32 Å². The maximum atomic E-state index is 11.9. The molecule has 1 aromatic carbocycles. The molecule has 0 spiro atoms. The van der Waals surface area contributed by atoms with Gasteiger partial charge < -0.3 is 54.9 Å². The third-order valence-corrected chi connectivity index (χ3v) is 5.66. The number of nitrogens with zero attached hydrogens (tertiary/aromatic N) is 1. The molecule has 2 aliphatic rings. The maximum absolute atomic E-state index is 11.9. The van der Waals surface area contributed by atoms with Crippen LogP contribution in [0.3, 0.4) is 0 Å². The van der Waals surface area contributed by atoms with Crippen LogP contribution in [-0.4, -0.2) is 116 Å². The fourth-order valence-electron chi connectivity index (χ4n) is 3.83. The summed E-state index contributed by atoms with van der Waals surface area (Å²) >= 11 is 0. The normalized spacial score (nSPS) is 37.5. The van der Waals surface area contributed by atoms with Gasteiger partial charge in [-0.05, 0) is 12.1 Å². The fourth-order valence-corrected chi connectivity index (χ4v) is 3.83. The number of nitrogens with one attached hydrogen (secondary N) is 1. The molecule has 3 rings (SSSR count). The van der Waals surface area contributed by atoms with Crippen LogP contribution in [0.2, 0.25) is 0 Å². The molecule has 10 atom stereocenters. The molecule has 7 N–H and O–H groups in total. The first kappa shape index (κ1) is 27.1. The molecule has 2 aliphatic heterocycles. The number of benzene rings is 1. The van der Waals surface area contributed by atoms with Crippen molar-refractivity contribution in [1.29, 1.82) is 0 Å². The molecule has 0 aromatic heterocycles. The first-order chi connectivity index (χ1) is 16.6. The number of carbonyl (C=O) groups excluding carboxylic acids is 1. The fraction of sp³-hybridized carbons (Fsp3) is 0.650. The standard InChI is InChI=1S/C20H28N2O13/c1-8(25)21-13-18(35-20-17(29)16(28)14(26)11(6-23)34-20)15(27)12(7-24)33-19(13)32-10-4-2-9(3-5-10)22(30)31/h2-5,11-20,23-24,26-29H,6-7H2,1H3,(H,21,25)/t11-,12-,13-,14+,15+,16-,17-,18+,19+,20-/m1/s1. The highest BCUT2D eigenvalue weighted by molar-refractivity contribution is 5.73. The minimum absolute atomic E-state index is 0.0932. The molecule has 2 heterocycles. The molecule has 35 heavy (non-hydrogen) atoms. The van der Waals surface area contributed by atoms with E-state index in [0.29, 0.717) is 0 Å². The number of aliphatic hydroxyl groups is 6. The highest BCUT2D eigenvalue weighted by atomic mass is 16.7. The van der Waals surface area contributed by atoms with E-state index in [1.807, 2.05) is 0 Å². The number of rotatable bonds is 8. The summed E-state index contributed by atoms with van der Waals surface area (Å²) in [6.07, 6.45) is -13.9. The van der Waals surface area contributed by atoms with E-state index in [1.165, 1.54) is 31.2 Å². The summed E-state index contributed by atoms with van der Waals surface area (Å²) in [6, 6.07) is 3.63. The van der Waals surface area contributed by atoms with E-state index in [9.17, 15) is 45.5 Å². The van der Waals surface area contributed by atoms with Gasteiger partial charge in [0, 0.05) is 19.1 Å². The zero-order valence-electron chi connectivity index (χ0n) is 18.5. The zero-order chi connectivity index (χ0) is 25.9. The van der Waals surface area contributed by atoms with E-state index in [2.05, 4.69) is 5.32 Å². The van der Waals surface area contributed by atoms with Crippen LogP contribution >= 0.6 is 0 Å². The number of carbonyl (C=O) groups is 1. The van der Waals surface area contributed by atoms with Crippen LogP contribution in [0.1, 0.15) is 6.92 Å². The minimum atomic E-state index is -1.80. The molecule has 15 heteroatoms. The van der Waals surface area contributed by atoms with Crippen molar-refractivity contribution < 1.29 is 59.3 Å². The number of hydrogen-bond acceptors (Lipinski definition) is 13. The lowest BCUT2D eigenvalue weighted by molar-refractivity contribution is -0.384. The van der Waals surface area contributed by atoms with E-state index in [1.54, 1.807) is 0 Å². The van der Waals surface area contributed by atoms with E-state index in [0.717, 1.165) is 0 Å². The largest absolute Gasteiger partial charge is 0.463 e. The van der Waals surface area contributed by atoms with E-state index in [4.69, 9.17) is 18.9 Å². The van der Waals surface area contributed by atoms with Gasteiger partial charge in [-0.1, -0.05) is 0 Å². The van der Waals surface area contributed by atoms with Gasteiger partial charge in [-0.25, -0.2) is 0 Å². The second-order valence-electron chi connectivity index (χ2n) is 8.11. The summed E-state index contributed by atoms with van der Waals surface area (Å²) in [5, 5.41) is 73.6. The molecular formula is C20H28N2O13. The summed E-state index contributed by atoms with van der Waals surface area (Å²) in [5.41, 5.74) is -0.201. The van der Waals surface area contributed by atoms with Crippen LogP contribution in [0.5, 0.6) is 5.75 Å². The molecule has 0 saturated carbocycles. The topological polar surface area (TPSA) is 231 Å². The lowest BCUT2D eigenvalue weighted by Crippen LogP contribution is -2.68. The van der Waals surface area contributed by atoms with Gasteiger partial charge >= 0.3 is 0 Å². The summed E-state index contributed by atoms with van der Waals surface area (Å²) in [7, 11) is 0. The second kappa shape index (κ2) is 11.5. The molecular weight excluding hydrogens is 476 g/mol. The van der Waals surface area contributed by atoms with Crippen molar-refractivity contribution in [3.8, 4) is 5.75 Å². The quantitative estimate of drug-likeness (QED) is 0.136. The van der Waals surface area contributed by atoms with Gasteiger partial charge in [-0.3, -0.25) is 14.9 Å². The van der Waals surface area contributed by atoms with Crippen LogP contribution in [0.15, 0.2) is 24.3 Å². The number of aliphatic hydroxyl groups excluding tert-OH is 6. The van der Waals surface area contributed by atoms with Gasteiger partial charge in [0.1, 0.15) is 54.5 Å². The van der Waals surface area contributed by atoms with Crippen LogP contribution in [-0.2, 0) is 19.0 Å². The number of hydrogen-bond donors (Lipinski definition) is 7. The minimum Gasteiger partial charge on any atom is -0.463 e. The Balaban J connectivity index is 1.88. The summed E-state index contributed by atoms with van der Waals surface area (Å²) in [5.74, 6) is -0.497. The molecule has 15 nitrogen and oxygen atoms in total. The first-order valence-corrected chi connectivity index (χ1v) is 10.7. The van der Waals surface area contributed by atoms with Crippen LogP contribution in [0, 0.1) is 10.1 Å². The molecule has 0 bridgehead atoms. The molecule has 0 aliphatic carbocycles. The van der Waals surface area contributed by atoms with Crippen LogP contribution in [0.25, 0.3) is 0 Å². The molecule has 0 radical (unpaired) electrons. The Labute approximate surface area is 198 Å². The first-order valence-electron chi connectivity index (χ1n) is 10.7. The number of nitro benzene ring substituents is 1. The van der Waals surface area contributed by atoms with E-state index in [-0.39, 0.29) is 11.4 Å². The predicted octanol–water partition coefficient (Wildman–Crippen LogP) is -3.26. The third kappa shape index (κ3) is 6.03. The molecule has 0 unspecified atom stereocenters. The van der Waals surface area contributed by atoms with Crippen molar-refractivity contribution in [3.63, 3.8) is 0 Å². The Morgan fingerprint density at radius 3 is 2.09 bits per heavy atom. The van der Waals surface area contributed by atoms with Crippen molar-refractivity contribution in [2.45, 2.75) is 68.3 Å². The van der Waals surface area contributed by atoms with Crippen molar-refractivity contribution in [2.75, 3.05) is 13.2 Å². The predicted molar refractivity (Wildman–Crippen MR) is 112 cm³/mol. The van der Waals surface area contributed by atoms with Crippen molar-refractivity contribution in [2.24, 2.45) is 0 Å². The average molecular weight is 504 g/mol. The zero-order valence-corrected chi connectivity index (χ0v) is 18.5. The average Bonchev–Trinajstić information content (AvgIpc) is 2.82. The number of non-ortho nitro benzene ring substituents is 1. The molecule has 2 fully saturated rings. The second-order valence-corrected chi connectivity index (χ2v) is 8.11. The Morgan fingerprint density at radius 2 is 1.54 bits per heavy atom. The van der Waals surface area contributed by atoms with Gasteiger partial charge in [-0.2, -0.15) is 0 Å². The number of ether oxygens (including phenoxy) is 4.